The van der Waals surface area contributed by atoms with Crippen LogP contribution in [0.1, 0.15) is 26.7 Å². The van der Waals surface area contributed by atoms with Gasteiger partial charge in [-0.3, -0.25) is 9.69 Å². The van der Waals surface area contributed by atoms with E-state index in [1.807, 2.05) is 6.92 Å². The van der Waals surface area contributed by atoms with Crippen molar-refractivity contribution in [2.45, 2.75) is 32.7 Å². The monoisotopic (exact) mass is 240 g/mol. The van der Waals surface area contributed by atoms with Gasteiger partial charge in [0.25, 0.3) is 0 Å². The summed E-state index contributed by atoms with van der Waals surface area (Å²) in [6.07, 6.45) is 2.59. The highest BCUT2D eigenvalue weighted by molar-refractivity contribution is 5.69. The SMILES string of the molecule is CCN(CC(C)C(=O)O)C1CN2CCC1CC2. The van der Waals surface area contributed by atoms with Crippen molar-refractivity contribution < 1.29 is 9.90 Å². The lowest BCUT2D eigenvalue weighted by Crippen LogP contribution is -2.58. The molecule has 3 aliphatic rings. The molecule has 2 atom stereocenters. The highest BCUT2D eigenvalue weighted by Crippen LogP contribution is 2.31. The third-order valence-electron chi connectivity index (χ3n) is 4.43. The van der Waals surface area contributed by atoms with Crippen LogP contribution in [0.4, 0.5) is 0 Å². The molecular formula is C13H24N2O2. The summed E-state index contributed by atoms with van der Waals surface area (Å²) >= 11 is 0. The predicted molar refractivity (Wildman–Crippen MR) is 67.0 cm³/mol. The van der Waals surface area contributed by atoms with E-state index in [1.54, 1.807) is 0 Å². The Morgan fingerprint density at radius 1 is 1.47 bits per heavy atom. The number of hydrogen-bond donors (Lipinski definition) is 1. The van der Waals surface area contributed by atoms with Crippen LogP contribution in [0.3, 0.4) is 0 Å². The zero-order valence-electron chi connectivity index (χ0n) is 10.9. The molecule has 3 saturated heterocycles. The summed E-state index contributed by atoms with van der Waals surface area (Å²) in [4.78, 5) is 15.9. The Kier molecular flexibility index (Phi) is 4.05. The van der Waals surface area contributed by atoms with Gasteiger partial charge < -0.3 is 10.0 Å². The Balaban J connectivity index is 1.96. The molecule has 1 N–H and O–H groups in total. The molecule has 3 aliphatic heterocycles. The van der Waals surface area contributed by atoms with Crippen molar-refractivity contribution in [2.75, 3.05) is 32.7 Å². The number of aliphatic carboxylic acids is 1. The molecule has 3 fully saturated rings. The average molecular weight is 240 g/mol. The van der Waals surface area contributed by atoms with Crippen LogP contribution >= 0.6 is 0 Å². The summed E-state index contributed by atoms with van der Waals surface area (Å²) in [6, 6.07) is 0.587. The molecule has 0 aliphatic carbocycles. The van der Waals surface area contributed by atoms with E-state index in [1.165, 1.54) is 25.9 Å². The van der Waals surface area contributed by atoms with Crippen LogP contribution in [-0.4, -0.2) is 59.6 Å². The number of fused-ring (bicyclic) bond motifs is 3. The summed E-state index contributed by atoms with van der Waals surface area (Å²) in [6.45, 7) is 9.25. The van der Waals surface area contributed by atoms with Crippen LogP contribution in [0.25, 0.3) is 0 Å². The smallest absolute Gasteiger partial charge is 0.307 e. The highest BCUT2D eigenvalue weighted by atomic mass is 16.4. The quantitative estimate of drug-likeness (QED) is 0.782. The van der Waals surface area contributed by atoms with Crippen LogP contribution < -0.4 is 0 Å². The summed E-state index contributed by atoms with van der Waals surface area (Å²) in [5.41, 5.74) is 0. The molecule has 17 heavy (non-hydrogen) atoms. The highest BCUT2D eigenvalue weighted by Gasteiger charge is 2.37. The van der Waals surface area contributed by atoms with Gasteiger partial charge in [-0.25, -0.2) is 0 Å². The van der Waals surface area contributed by atoms with Gasteiger partial charge in [-0.2, -0.15) is 0 Å². The van der Waals surface area contributed by atoms with Crippen LogP contribution in [0.5, 0.6) is 0 Å². The van der Waals surface area contributed by atoms with Gasteiger partial charge in [0.1, 0.15) is 0 Å². The van der Waals surface area contributed by atoms with Gasteiger partial charge in [0, 0.05) is 19.1 Å². The van der Waals surface area contributed by atoms with E-state index in [0.29, 0.717) is 12.6 Å². The van der Waals surface area contributed by atoms with Crippen molar-refractivity contribution in [1.82, 2.24) is 9.80 Å². The third kappa shape index (κ3) is 2.80. The first-order valence-corrected chi connectivity index (χ1v) is 6.81. The van der Waals surface area contributed by atoms with Crippen molar-refractivity contribution >= 4 is 5.97 Å². The Morgan fingerprint density at radius 3 is 2.53 bits per heavy atom. The van der Waals surface area contributed by atoms with E-state index in [-0.39, 0.29) is 5.92 Å². The van der Waals surface area contributed by atoms with Crippen LogP contribution in [-0.2, 0) is 4.79 Å². The molecule has 4 heteroatoms. The van der Waals surface area contributed by atoms with Crippen LogP contribution in [0.15, 0.2) is 0 Å². The molecule has 98 valence electrons. The lowest BCUT2D eigenvalue weighted by atomic mass is 9.83. The molecule has 2 bridgehead atoms. The van der Waals surface area contributed by atoms with Crippen LogP contribution in [0, 0.1) is 11.8 Å². The van der Waals surface area contributed by atoms with Crippen molar-refractivity contribution in [3.8, 4) is 0 Å². The minimum Gasteiger partial charge on any atom is -0.481 e. The molecule has 2 unspecified atom stereocenters. The normalized spacial score (nSPS) is 33.9. The Morgan fingerprint density at radius 2 is 2.12 bits per heavy atom. The third-order valence-corrected chi connectivity index (χ3v) is 4.43. The number of hydrogen-bond acceptors (Lipinski definition) is 3. The second-order valence-electron chi connectivity index (χ2n) is 5.53. The van der Waals surface area contributed by atoms with E-state index in [2.05, 4.69) is 16.7 Å². The summed E-state index contributed by atoms with van der Waals surface area (Å²) in [5, 5.41) is 9.02. The number of carboxylic acids is 1. The predicted octanol–water partition coefficient (Wildman–Crippen LogP) is 1.12. The molecule has 0 amide bonds. The van der Waals surface area contributed by atoms with Crippen molar-refractivity contribution in [2.24, 2.45) is 11.8 Å². The topological polar surface area (TPSA) is 43.8 Å². The molecule has 0 radical (unpaired) electrons. The number of rotatable bonds is 5. The molecule has 0 aromatic carbocycles. The average Bonchev–Trinajstić information content (AvgIpc) is 2.36. The lowest BCUT2D eigenvalue weighted by Gasteiger charge is -2.49. The van der Waals surface area contributed by atoms with Gasteiger partial charge in [0.2, 0.25) is 0 Å². The van der Waals surface area contributed by atoms with E-state index in [4.69, 9.17) is 5.11 Å². The van der Waals surface area contributed by atoms with Crippen molar-refractivity contribution in [1.29, 1.82) is 0 Å². The molecule has 3 heterocycles. The number of carbonyl (C=O) groups is 1. The number of piperidine rings is 3. The minimum absolute atomic E-state index is 0.259. The fourth-order valence-corrected chi connectivity index (χ4v) is 3.28. The summed E-state index contributed by atoms with van der Waals surface area (Å²) in [5.74, 6) is -0.143. The maximum Gasteiger partial charge on any atom is 0.307 e. The first kappa shape index (κ1) is 12.8. The van der Waals surface area contributed by atoms with Crippen molar-refractivity contribution in [3.63, 3.8) is 0 Å². The van der Waals surface area contributed by atoms with E-state index in [9.17, 15) is 4.79 Å². The van der Waals surface area contributed by atoms with E-state index in [0.717, 1.165) is 19.0 Å². The zero-order chi connectivity index (χ0) is 12.4. The first-order valence-electron chi connectivity index (χ1n) is 6.81. The first-order chi connectivity index (χ1) is 8.11. The summed E-state index contributed by atoms with van der Waals surface area (Å²) < 4.78 is 0. The molecule has 0 saturated carbocycles. The maximum absolute atomic E-state index is 11.0. The van der Waals surface area contributed by atoms with E-state index >= 15 is 0 Å². The summed E-state index contributed by atoms with van der Waals surface area (Å²) in [7, 11) is 0. The molecular weight excluding hydrogens is 216 g/mol. The molecule has 3 rings (SSSR count). The minimum atomic E-state index is -0.676. The lowest BCUT2D eigenvalue weighted by molar-refractivity contribution is -0.142. The largest absolute Gasteiger partial charge is 0.481 e. The van der Waals surface area contributed by atoms with Crippen molar-refractivity contribution in [3.05, 3.63) is 0 Å². The number of carboxylic acid groups (broad SMARTS) is 1. The Labute approximate surface area is 104 Å². The second-order valence-corrected chi connectivity index (χ2v) is 5.53. The molecule has 0 aromatic rings. The standard InChI is InChI=1S/C13H24N2O2/c1-3-15(8-10(2)13(16)17)12-9-14-6-4-11(12)5-7-14/h10-12H,3-9H2,1-2H3,(H,16,17). The fourth-order valence-electron chi connectivity index (χ4n) is 3.28. The van der Waals surface area contributed by atoms with Gasteiger partial charge in [-0.15, -0.1) is 0 Å². The Hall–Kier alpha value is -0.610. The molecule has 4 nitrogen and oxygen atoms in total. The fraction of sp³-hybridized carbons (Fsp3) is 0.923. The zero-order valence-corrected chi connectivity index (χ0v) is 10.9. The van der Waals surface area contributed by atoms with Gasteiger partial charge in [-0.05, 0) is 38.4 Å². The number of likely N-dealkylation sites (N-methyl/N-ethyl adjacent to an activating group) is 1. The van der Waals surface area contributed by atoms with Gasteiger partial charge >= 0.3 is 5.97 Å². The van der Waals surface area contributed by atoms with Gasteiger partial charge in [0.15, 0.2) is 0 Å². The van der Waals surface area contributed by atoms with E-state index < -0.39 is 5.97 Å². The Bertz CT molecular complexity index is 275. The van der Waals surface area contributed by atoms with Gasteiger partial charge in [-0.1, -0.05) is 13.8 Å². The maximum atomic E-state index is 11.0. The molecule has 0 spiro atoms. The molecule has 0 aromatic heterocycles. The van der Waals surface area contributed by atoms with Crippen LogP contribution in [0.2, 0.25) is 0 Å². The van der Waals surface area contributed by atoms with Gasteiger partial charge in [0.05, 0.1) is 5.92 Å². The second kappa shape index (κ2) is 5.36. The number of nitrogens with zero attached hydrogens (tertiary/aromatic N) is 2.